The van der Waals surface area contributed by atoms with Crippen LogP contribution in [-0.2, 0) is 11.8 Å². The van der Waals surface area contributed by atoms with Crippen LogP contribution in [0.25, 0.3) is 11.0 Å². The highest BCUT2D eigenvalue weighted by Gasteiger charge is 2.34. The van der Waals surface area contributed by atoms with Gasteiger partial charge in [0.15, 0.2) is 5.43 Å². The number of aryl methyl sites for hydroxylation is 1. The second-order valence-electron chi connectivity index (χ2n) is 6.32. The van der Waals surface area contributed by atoms with Gasteiger partial charge in [0.05, 0.1) is 23.6 Å². The molecule has 1 aliphatic rings. The lowest BCUT2D eigenvalue weighted by molar-refractivity contribution is -0.135. The second kappa shape index (κ2) is 5.85. The molecule has 0 fully saturated rings. The molecule has 1 aromatic carbocycles. The number of esters is 1. The Morgan fingerprint density at radius 1 is 1.19 bits per heavy atom. The monoisotopic (exact) mass is 371 g/mol. The quantitative estimate of drug-likeness (QED) is 0.614. The van der Waals surface area contributed by atoms with Gasteiger partial charge in [0.2, 0.25) is 0 Å². The van der Waals surface area contributed by atoms with Crippen LogP contribution in [0.5, 0.6) is 5.75 Å². The first kappa shape index (κ1) is 16.6. The van der Waals surface area contributed by atoms with Crippen LogP contribution in [0, 0.1) is 6.92 Å². The highest BCUT2D eigenvalue weighted by Crippen LogP contribution is 2.36. The molecule has 4 rings (SSSR count). The van der Waals surface area contributed by atoms with Crippen molar-refractivity contribution < 1.29 is 13.9 Å². The lowest BCUT2D eigenvalue weighted by atomic mass is 9.87. The molecule has 0 amide bonds. The summed E-state index contributed by atoms with van der Waals surface area (Å²) in [6, 6.07) is 6.37. The Bertz CT molecular complexity index is 1190. The molecule has 0 saturated heterocycles. The largest absolute Gasteiger partial charge is 0.464 e. The Hall–Kier alpha value is -2.86. The predicted molar refractivity (Wildman–Crippen MR) is 96.0 cm³/mol. The molecule has 1 aliphatic heterocycles. The van der Waals surface area contributed by atoms with Gasteiger partial charge in [-0.05, 0) is 25.1 Å². The number of carbonyl (C=O) groups excluding carboxylic acids is 1. The topological polar surface area (TPSA) is 78.5 Å². The molecule has 3 aromatic rings. The van der Waals surface area contributed by atoms with Gasteiger partial charge in [-0.2, -0.15) is 0 Å². The second-order valence-corrected chi connectivity index (χ2v) is 6.76. The number of ether oxygens (including phenoxy) is 1. The maximum absolute atomic E-state index is 13.0. The van der Waals surface area contributed by atoms with Crippen molar-refractivity contribution in [2.75, 3.05) is 0 Å². The van der Waals surface area contributed by atoms with E-state index in [0.717, 1.165) is 0 Å². The summed E-state index contributed by atoms with van der Waals surface area (Å²) < 4.78 is 12.3. The minimum absolute atomic E-state index is 0.109. The third-order valence-corrected chi connectivity index (χ3v) is 4.98. The van der Waals surface area contributed by atoms with E-state index in [1.807, 2.05) is 0 Å². The smallest absolute Gasteiger partial charge is 0.312 e. The van der Waals surface area contributed by atoms with Crippen molar-refractivity contribution in [3.63, 3.8) is 0 Å². The van der Waals surface area contributed by atoms with Crippen LogP contribution in [0.2, 0.25) is 5.02 Å². The molecule has 1 atom stereocenters. The first-order chi connectivity index (χ1) is 12.4. The highest BCUT2D eigenvalue weighted by atomic mass is 35.5. The summed E-state index contributed by atoms with van der Waals surface area (Å²) in [5.74, 6) is -1.04. The zero-order valence-corrected chi connectivity index (χ0v) is 14.8. The molecular formula is C19H14ClNO5. The van der Waals surface area contributed by atoms with Crippen molar-refractivity contribution in [1.29, 1.82) is 0 Å². The summed E-state index contributed by atoms with van der Waals surface area (Å²) in [6.45, 7) is 1.74. The third kappa shape index (κ3) is 2.45. The number of pyridine rings is 1. The van der Waals surface area contributed by atoms with Crippen molar-refractivity contribution in [3.8, 4) is 5.75 Å². The summed E-state index contributed by atoms with van der Waals surface area (Å²) in [5, 5.41) is 0.705. The number of fused-ring (bicyclic) bond motifs is 2. The van der Waals surface area contributed by atoms with Crippen LogP contribution in [0.15, 0.2) is 44.5 Å². The standard InChI is InChI=1S/C19H14ClNO5/c1-9-5-15-17(19(24)21(9)2)11(7-16(22)26-15)13-8-25-14-4-3-10(20)6-12(14)18(13)23/h3-6,8,11H,7H2,1-2H3. The SMILES string of the molecule is Cc1cc2c(c(=O)n1C)C(c1coc3ccc(Cl)cc3c1=O)CC(=O)O2. The molecule has 0 bridgehead atoms. The molecule has 0 N–H and O–H groups in total. The van der Waals surface area contributed by atoms with Crippen LogP contribution in [0.3, 0.4) is 0 Å². The van der Waals surface area contributed by atoms with Gasteiger partial charge < -0.3 is 13.7 Å². The summed E-state index contributed by atoms with van der Waals surface area (Å²) in [6.07, 6.45) is 1.20. The fourth-order valence-electron chi connectivity index (χ4n) is 3.27. The normalized spacial score (nSPS) is 16.4. The van der Waals surface area contributed by atoms with E-state index in [1.54, 1.807) is 32.2 Å². The molecule has 0 spiro atoms. The van der Waals surface area contributed by atoms with Crippen LogP contribution < -0.4 is 15.7 Å². The van der Waals surface area contributed by atoms with E-state index in [0.29, 0.717) is 21.7 Å². The maximum Gasteiger partial charge on any atom is 0.312 e. The molecule has 26 heavy (non-hydrogen) atoms. The van der Waals surface area contributed by atoms with Crippen molar-refractivity contribution in [2.45, 2.75) is 19.3 Å². The highest BCUT2D eigenvalue weighted by molar-refractivity contribution is 6.31. The van der Waals surface area contributed by atoms with Crippen LogP contribution in [0.4, 0.5) is 0 Å². The number of benzene rings is 1. The zero-order chi connectivity index (χ0) is 18.6. The number of hydrogen-bond acceptors (Lipinski definition) is 5. The van der Waals surface area contributed by atoms with E-state index >= 15 is 0 Å². The minimum atomic E-state index is -0.731. The summed E-state index contributed by atoms with van der Waals surface area (Å²) in [5.41, 5.74) is 0.938. The van der Waals surface area contributed by atoms with Gasteiger partial charge >= 0.3 is 5.97 Å². The van der Waals surface area contributed by atoms with Crippen LogP contribution >= 0.6 is 11.6 Å². The van der Waals surface area contributed by atoms with Gasteiger partial charge in [-0.1, -0.05) is 11.6 Å². The van der Waals surface area contributed by atoms with Crippen molar-refractivity contribution in [2.24, 2.45) is 7.05 Å². The first-order valence-electron chi connectivity index (χ1n) is 7.99. The van der Waals surface area contributed by atoms with E-state index in [-0.39, 0.29) is 34.3 Å². The average Bonchev–Trinajstić information content (AvgIpc) is 2.60. The third-order valence-electron chi connectivity index (χ3n) is 4.75. The Morgan fingerprint density at radius 3 is 2.73 bits per heavy atom. The molecule has 6 nitrogen and oxygen atoms in total. The predicted octanol–water partition coefficient (Wildman–Crippen LogP) is 2.89. The van der Waals surface area contributed by atoms with Crippen LogP contribution in [0.1, 0.15) is 29.2 Å². The number of carbonyl (C=O) groups is 1. The fourth-order valence-corrected chi connectivity index (χ4v) is 3.45. The molecule has 0 saturated carbocycles. The van der Waals surface area contributed by atoms with Gasteiger partial charge in [0.25, 0.3) is 5.56 Å². The molecule has 0 aliphatic carbocycles. The van der Waals surface area contributed by atoms with Crippen molar-refractivity contribution >= 4 is 28.5 Å². The Kier molecular flexibility index (Phi) is 3.73. The lowest BCUT2D eigenvalue weighted by Crippen LogP contribution is -2.33. The number of hydrogen-bond donors (Lipinski definition) is 0. The Balaban J connectivity index is 2.01. The maximum atomic E-state index is 13.0. The van der Waals surface area contributed by atoms with Gasteiger partial charge in [-0.3, -0.25) is 14.4 Å². The van der Waals surface area contributed by atoms with Crippen molar-refractivity contribution in [1.82, 2.24) is 4.57 Å². The molecule has 2 aromatic heterocycles. The molecule has 3 heterocycles. The molecule has 132 valence electrons. The van der Waals surface area contributed by atoms with Gasteiger partial charge in [0.1, 0.15) is 11.3 Å². The Labute approximate surface area is 152 Å². The van der Waals surface area contributed by atoms with Gasteiger partial charge in [-0.15, -0.1) is 0 Å². The summed E-state index contributed by atoms with van der Waals surface area (Å²) in [4.78, 5) is 37.8. The molecule has 0 radical (unpaired) electrons. The zero-order valence-electron chi connectivity index (χ0n) is 14.0. The lowest BCUT2D eigenvalue weighted by Gasteiger charge is -2.24. The summed E-state index contributed by atoms with van der Waals surface area (Å²) in [7, 11) is 1.63. The number of rotatable bonds is 1. The number of nitrogens with zero attached hydrogens (tertiary/aromatic N) is 1. The Morgan fingerprint density at radius 2 is 1.96 bits per heavy atom. The average molecular weight is 372 g/mol. The van der Waals surface area contributed by atoms with Gasteiger partial charge in [-0.25, -0.2) is 0 Å². The minimum Gasteiger partial charge on any atom is -0.464 e. The number of aromatic nitrogens is 1. The van der Waals surface area contributed by atoms with Crippen LogP contribution in [-0.4, -0.2) is 10.5 Å². The number of halogens is 1. The molecule has 7 heteroatoms. The van der Waals surface area contributed by atoms with E-state index in [2.05, 4.69) is 0 Å². The van der Waals surface area contributed by atoms with Gasteiger partial charge in [0, 0.05) is 35.3 Å². The van der Waals surface area contributed by atoms with E-state index in [1.165, 1.54) is 16.9 Å². The van der Waals surface area contributed by atoms with Crippen molar-refractivity contribution in [3.05, 3.63) is 72.9 Å². The van der Waals surface area contributed by atoms with E-state index < -0.39 is 11.9 Å². The molecule has 1 unspecified atom stereocenters. The van der Waals surface area contributed by atoms with E-state index in [4.69, 9.17) is 20.8 Å². The molecular weight excluding hydrogens is 358 g/mol. The first-order valence-corrected chi connectivity index (χ1v) is 8.37. The summed E-state index contributed by atoms with van der Waals surface area (Å²) >= 11 is 5.99. The fraction of sp³-hybridized carbons (Fsp3) is 0.211. The van der Waals surface area contributed by atoms with E-state index in [9.17, 15) is 14.4 Å².